The predicted octanol–water partition coefficient (Wildman–Crippen LogP) is 3.69. The van der Waals surface area contributed by atoms with Crippen LogP contribution < -0.4 is 5.73 Å². The minimum absolute atomic E-state index is 0.835. The van der Waals surface area contributed by atoms with Crippen molar-refractivity contribution < 1.29 is 0 Å². The summed E-state index contributed by atoms with van der Waals surface area (Å²) in [7, 11) is 0. The zero-order valence-electron chi connectivity index (χ0n) is 7.30. The van der Waals surface area contributed by atoms with Crippen molar-refractivity contribution in [3.8, 4) is 0 Å². The number of halogens is 1. The summed E-state index contributed by atoms with van der Waals surface area (Å²) in [5.41, 5.74) is 8.41. The molecule has 0 aliphatic rings. The third-order valence-electron chi connectivity index (χ3n) is 2.11. The number of thiophene rings is 1. The molecular formula is C10H10BrNS. The largest absolute Gasteiger partial charge is 0.390 e. The lowest BCUT2D eigenvalue weighted by molar-refractivity contribution is 1.49. The standard InChI is InChI=1S/C10H10BrNS/c1-6-2-3-7-8(5-11)10(12)13-9(7)4-6/h2-4H,5,12H2,1H3. The van der Waals surface area contributed by atoms with Crippen LogP contribution in [0.5, 0.6) is 0 Å². The first-order valence-corrected chi connectivity index (χ1v) is 5.99. The number of anilines is 1. The molecule has 1 nitrogen and oxygen atoms in total. The second-order valence-corrected chi connectivity index (χ2v) is 4.72. The van der Waals surface area contributed by atoms with Crippen LogP contribution in [0.25, 0.3) is 10.1 Å². The Labute approximate surface area is 89.7 Å². The second-order valence-electron chi connectivity index (χ2n) is 3.08. The van der Waals surface area contributed by atoms with Crippen molar-refractivity contribution in [2.75, 3.05) is 5.73 Å². The quantitative estimate of drug-likeness (QED) is 0.774. The van der Waals surface area contributed by atoms with Gasteiger partial charge in [-0.2, -0.15) is 0 Å². The highest BCUT2D eigenvalue weighted by molar-refractivity contribution is 9.08. The fraction of sp³-hybridized carbons (Fsp3) is 0.200. The fourth-order valence-corrected chi connectivity index (χ4v) is 3.29. The SMILES string of the molecule is Cc1ccc2c(CBr)c(N)sc2c1. The Bertz CT molecular complexity index is 447. The first-order valence-electron chi connectivity index (χ1n) is 4.06. The number of nitrogen functional groups attached to an aromatic ring is 1. The molecule has 68 valence electrons. The van der Waals surface area contributed by atoms with Gasteiger partial charge in [0.2, 0.25) is 0 Å². The number of aryl methyl sites for hydroxylation is 1. The number of benzene rings is 1. The first kappa shape index (κ1) is 9.03. The van der Waals surface area contributed by atoms with Crippen LogP contribution >= 0.6 is 27.3 Å². The van der Waals surface area contributed by atoms with Crippen molar-refractivity contribution in [2.24, 2.45) is 0 Å². The van der Waals surface area contributed by atoms with Crippen LogP contribution in [-0.2, 0) is 5.33 Å². The maximum Gasteiger partial charge on any atom is 0.0910 e. The zero-order chi connectivity index (χ0) is 9.42. The summed E-state index contributed by atoms with van der Waals surface area (Å²) in [4.78, 5) is 0. The van der Waals surface area contributed by atoms with Crippen molar-refractivity contribution in [1.29, 1.82) is 0 Å². The molecule has 0 spiro atoms. The molecule has 0 bridgehead atoms. The lowest BCUT2D eigenvalue weighted by Gasteiger charge is -1.95. The van der Waals surface area contributed by atoms with Crippen LogP contribution in [0.4, 0.5) is 5.00 Å². The van der Waals surface area contributed by atoms with Crippen LogP contribution in [0.1, 0.15) is 11.1 Å². The Morgan fingerprint density at radius 1 is 1.46 bits per heavy atom. The summed E-state index contributed by atoms with van der Waals surface area (Å²) in [5, 5.41) is 3.05. The Balaban J connectivity index is 2.79. The van der Waals surface area contributed by atoms with E-state index in [1.54, 1.807) is 11.3 Å². The van der Waals surface area contributed by atoms with E-state index in [2.05, 4.69) is 41.1 Å². The lowest BCUT2D eigenvalue weighted by atomic mass is 10.1. The van der Waals surface area contributed by atoms with Gasteiger partial charge >= 0.3 is 0 Å². The number of fused-ring (bicyclic) bond motifs is 1. The molecule has 0 fully saturated rings. The summed E-state index contributed by atoms with van der Waals surface area (Å²) in [5.74, 6) is 0. The smallest absolute Gasteiger partial charge is 0.0910 e. The average Bonchev–Trinajstić information content (AvgIpc) is 2.39. The molecule has 0 unspecified atom stereocenters. The third kappa shape index (κ3) is 1.46. The highest BCUT2D eigenvalue weighted by Gasteiger charge is 2.07. The van der Waals surface area contributed by atoms with Crippen molar-refractivity contribution in [3.63, 3.8) is 0 Å². The van der Waals surface area contributed by atoms with E-state index in [4.69, 9.17) is 5.73 Å². The van der Waals surface area contributed by atoms with Crippen molar-refractivity contribution in [2.45, 2.75) is 12.3 Å². The summed E-state index contributed by atoms with van der Waals surface area (Å²) in [6.45, 7) is 2.10. The Morgan fingerprint density at radius 2 is 2.23 bits per heavy atom. The Kier molecular flexibility index (Phi) is 2.30. The molecule has 0 saturated heterocycles. The highest BCUT2D eigenvalue weighted by atomic mass is 79.9. The van der Waals surface area contributed by atoms with Crippen molar-refractivity contribution in [1.82, 2.24) is 0 Å². The summed E-state index contributed by atoms with van der Waals surface area (Å²) < 4.78 is 1.28. The topological polar surface area (TPSA) is 26.0 Å². The molecule has 1 aromatic carbocycles. The van der Waals surface area contributed by atoms with Gasteiger partial charge < -0.3 is 5.73 Å². The zero-order valence-corrected chi connectivity index (χ0v) is 9.71. The molecule has 0 atom stereocenters. The summed E-state index contributed by atoms with van der Waals surface area (Å²) >= 11 is 5.12. The lowest BCUT2D eigenvalue weighted by Crippen LogP contribution is -1.84. The monoisotopic (exact) mass is 255 g/mol. The molecule has 0 aliphatic heterocycles. The van der Waals surface area contributed by atoms with Gasteiger partial charge in [-0.3, -0.25) is 0 Å². The van der Waals surface area contributed by atoms with E-state index in [0.29, 0.717) is 0 Å². The van der Waals surface area contributed by atoms with Gasteiger partial charge in [-0.25, -0.2) is 0 Å². The minimum atomic E-state index is 0.835. The number of hydrogen-bond donors (Lipinski definition) is 1. The normalized spacial score (nSPS) is 10.9. The van der Waals surface area contributed by atoms with Crippen LogP contribution in [0.3, 0.4) is 0 Å². The summed E-state index contributed by atoms with van der Waals surface area (Å²) in [6.07, 6.45) is 0. The molecule has 0 saturated carbocycles. The molecule has 0 amide bonds. The number of nitrogens with two attached hydrogens (primary N) is 1. The van der Waals surface area contributed by atoms with E-state index < -0.39 is 0 Å². The van der Waals surface area contributed by atoms with E-state index >= 15 is 0 Å². The Hall–Kier alpha value is -0.540. The highest BCUT2D eigenvalue weighted by Crippen LogP contribution is 2.35. The van der Waals surface area contributed by atoms with E-state index in [1.165, 1.54) is 21.2 Å². The van der Waals surface area contributed by atoms with E-state index in [-0.39, 0.29) is 0 Å². The van der Waals surface area contributed by atoms with E-state index in [9.17, 15) is 0 Å². The summed E-state index contributed by atoms with van der Waals surface area (Å²) in [6, 6.07) is 6.46. The van der Waals surface area contributed by atoms with Crippen molar-refractivity contribution >= 4 is 42.4 Å². The average molecular weight is 256 g/mol. The van der Waals surface area contributed by atoms with Crippen LogP contribution in [0.2, 0.25) is 0 Å². The molecule has 3 heteroatoms. The Morgan fingerprint density at radius 3 is 2.92 bits per heavy atom. The molecule has 1 heterocycles. The molecule has 2 N–H and O–H groups in total. The maximum absolute atomic E-state index is 5.90. The molecule has 2 rings (SSSR count). The fourth-order valence-electron chi connectivity index (χ4n) is 1.41. The van der Waals surface area contributed by atoms with Gasteiger partial charge in [0.05, 0.1) is 5.00 Å². The van der Waals surface area contributed by atoms with Crippen molar-refractivity contribution in [3.05, 3.63) is 29.3 Å². The molecule has 0 aliphatic carbocycles. The molecule has 0 radical (unpaired) electrons. The van der Waals surface area contributed by atoms with Gasteiger partial charge in [0.25, 0.3) is 0 Å². The maximum atomic E-state index is 5.90. The van der Waals surface area contributed by atoms with Gasteiger partial charge in [-0.05, 0) is 23.9 Å². The number of alkyl halides is 1. The molecule has 1 aromatic heterocycles. The molecular weight excluding hydrogens is 246 g/mol. The van der Waals surface area contributed by atoms with Crippen LogP contribution in [0, 0.1) is 6.92 Å². The molecule has 2 aromatic rings. The predicted molar refractivity (Wildman–Crippen MR) is 63.6 cm³/mol. The molecule has 13 heavy (non-hydrogen) atoms. The van der Waals surface area contributed by atoms with Gasteiger partial charge in [-0.1, -0.05) is 28.1 Å². The van der Waals surface area contributed by atoms with Crippen LogP contribution in [0.15, 0.2) is 18.2 Å². The second kappa shape index (κ2) is 3.31. The minimum Gasteiger partial charge on any atom is -0.390 e. The number of hydrogen-bond acceptors (Lipinski definition) is 2. The van der Waals surface area contributed by atoms with Gasteiger partial charge in [-0.15, -0.1) is 11.3 Å². The van der Waals surface area contributed by atoms with Gasteiger partial charge in [0.1, 0.15) is 0 Å². The van der Waals surface area contributed by atoms with Gasteiger partial charge in [0.15, 0.2) is 0 Å². The van der Waals surface area contributed by atoms with E-state index in [1.807, 2.05) is 0 Å². The van der Waals surface area contributed by atoms with Crippen LogP contribution in [-0.4, -0.2) is 0 Å². The number of rotatable bonds is 1. The third-order valence-corrected chi connectivity index (χ3v) is 3.70. The first-order chi connectivity index (χ1) is 6.22. The van der Waals surface area contributed by atoms with E-state index in [0.717, 1.165) is 10.3 Å². The van der Waals surface area contributed by atoms with Gasteiger partial charge in [0, 0.05) is 15.6 Å².